The molecule has 0 N–H and O–H groups in total. The van der Waals surface area contributed by atoms with Crippen LogP contribution in [0.1, 0.15) is 40.9 Å². The summed E-state index contributed by atoms with van der Waals surface area (Å²) in [6.07, 6.45) is 0.353. The number of amidine groups is 1. The van der Waals surface area contributed by atoms with Gasteiger partial charge in [0.25, 0.3) is 0 Å². The standard InChI is InChI=1S/C24H22N2O5S/c1-15-20(23(29)31-14-16-6-4-3-5-7-16)21(26-19(27)12-13-32-24(26)25-15)17-8-10-18(11-9-17)22(28)30-2/h3-11,21H,12-14H2,1-2H3/t21-/m0/s1. The average Bonchev–Trinajstić information content (AvgIpc) is 2.82. The molecule has 1 fully saturated rings. The van der Waals surface area contributed by atoms with Gasteiger partial charge < -0.3 is 9.47 Å². The monoisotopic (exact) mass is 450 g/mol. The van der Waals surface area contributed by atoms with E-state index in [1.165, 1.54) is 18.9 Å². The molecule has 164 valence electrons. The van der Waals surface area contributed by atoms with Gasteiger partial charge in [0, 0.05) is 12.2 Å². The molecule has 0 bridgehead atoms. The Morgan fingerprint density at radius 3 is 2.50 bits per heavy atom. The molecule has 0 saturated carbocycles. The number of aliphatic imine (C=N–C) groups is 1. The first-order valence-corrected chi connectivity index (χ1v) is 11.1. The molecule has 1 atom stereocenters. The minimum Gasteiger partial charge on any atom is -0.465 e. The fourth-order valence-electron chi connectivity index (χ4n) is 3.69. The van der Waals surface area contributed by atoms with E-state index >= 15 is 0 Å². The Bertz CT molecular complexity index is 1110. The van der Waals surface area contributed by atoms with Crippen LogP contribution in [0.15, 0.2) is 70.9 Å². The zero-order chi connectivity index (χ0) is 22.7. The summed E-state index contributed by atoms with van der Waals surface area (Å²) in [6.45, 7) is 1.86. The van der Waals surface area contributed by atoms with E-state index in [1.54, 1.807) is 36.1 Å². The predicted octanol–water partition coefficient (Wildman–Crippen LogP) is 3.87. The van der Waals surface area contributed by atoms with Gasteiger partial charge in [-0.05, 0) is 30.2 Å². The molecule has 2 aromatic rings. The van der Waals surface area contributed by atoms with Crippen molar-refractivity contribution in [3.05, 3.63) is 82.6 Å². The number of esters is 2. The fraction of sp³-hybridized carbons (Fsp3) is 0.250. The van der Waals surface area contributed by atoms with Crippen LogP contribution in [-0.2, 0) is 25.7 Å². The summed E-state index contributed by atoms with van der Waals surface area (Å²) in [4.78, 5) is 44.0. The number of rotatable bonds is 5. The highest BCUT2D eigenvalue weighted by Crippen LogP contribution is 2.40. The molecule has 1 amide bonds. The maximum Gasteiger partial charge on any atom is 0.338 e. The molecule has 8 heteroatoms. The van der Waals surface area contributed by atoms with Crippen molar-refractivity contribution < 1.29 is 23.9 Å². The molecule has 0 unspecified atom stereocenters. The zero-order valence-corrected chi connectivity index (χ0v) is 18.6. The number of methoxy groups -OCH3 is 1. The first kappa shape index (κ1) is 21.8. The number of allylic oxidation sites excluding steroid dienone is 1. The minimum atomic E-state index is -0.683. The lowest BCUT2D eigenvalue weighted by molar-refractivity contribution is -0.141. The van der Waals surface area contributed by atoms with E-state index in [2.05, 4.69) is 4.99 Å². The number of carbonyl (C=O) groups excluding carboxylic acids is 3. The second-order valence-corrected chi connectivity index (χ2v) is 8.40. The molecule has 2 aromatic carbocycles. The van der Waals surface area contributed by atoms with Crippen molar-refractivity contribution in [1.82, 2.24) is 4.90 Å². The van der Waals surface area contributed by atoms with E-state index in [0.29, 0.717) is 39.7 Å². The molecule has 4 rings (SSSR count). The summed E-state index contributed by atoms with van der Waals surface area (Å²) < 4.78 is 10.4. The van der Waals surface area contributed by atoms with Gasteiger partial charge in [-0.15, -0.1) is 0 Å². The van der Waals surface area contributed by atoms with Gasteiger partial charge in [-0.1, -0.05) is 54.2 Å². The second-order valence-electron chi connectivity index (χ2n) is 7.33. The van der Waals surface area contributed by atoms with Gasteiger partial charge in [0.05, 0.1) is 30.0 Å². The van der Waals surface area contributed by atoms with Gasteiger partial charge in [0.2, 0.25) is 5.91 Å². The highest BCUT2D eigenvalue weighted by molar-refractivity contribution is 8.14. The molecule has 32 heavy (non-hydrogen) atoms. The van der Waals surface area contributed by atoms with Crippen LogP contribution in [0, 0.1) is 0 Å². The Morgan fingerprint density at radius 2 is 1.81 bits per heavy atom. The van der Waals surface area contributed by atoms with Crippen LogP contribution < -0.4 is 0 Å². The molecule has 0 radical (unpaired) electrons. The van der Waals surface area contributed by atoms with Gasteiger partial charge in [0.15, 0.2) is 5.17 Å². The molecule has 2 aliphatic heterocycles. The first-order valence-electron chi connectivity index (χ1n) is 10.1. The molecule has 0 aromatic heterocycles. The number of amides is 1. The van der Waals surface area contributed by atoms with E-state index in [9.17, 15) is 14.4 Å². The molecule has 0 spiro atoms. The average molecular weight is 451 g/mol. The number of hydrogen-bond donors (Lipinski definition) is 0. The first-order chi connectivity index (χ1) is 15.5. The van der Waals surface area contributed by atoms with Gasteiger partial charge >= 0.3 is 11.9 Å². The van der Waals surface area contributed by atoms with E-state index in [1.807, 2.05) is 30.3 Å². The minimum absolute atomic E-state index is 0.106. The van der Waals surface area contributed by atoms with Gasteiger partial charge in [-0.25, -0.2) is 14.6 Å². The maximum absolute atomic E-state index is 13.2. The summed E-state index contributed by atoms with van der Waals surface area (Å²) >= 11 is 1.48. The summed E-state index contributed by atoms with van der Waals surface area (Å²) in [7, 11) is 1.32. The van der Waals surface area contributed by atoms with Crippen molar-refractivity contribution in [3.63, 3.8) is 0 Å². The van der Waals surface area contributed by atoms with Crippen LogP contribution in [-0.4, -0.2) is 40.8 Å². The number of benzene rings is 2. The lowest BCUT2D eigenvalue weighted by atomic mass is 9.93. The van der Waals surface area contributed by atoms with E-state index in [-0.39, 0.29) is 12.5 Å². The fourth-order valence-corrected chi connectivity index (χ4v) is 4.70. The molecule has 2 heterocycles. The Morgan fingerprint density at radius 1 is 1.09 bits per heavy atom. The second kappa shape index (κ2) is 9.40. The molecular weight excluding hydrogens is 428 g/mol. The number of thioether (sulfide) groups is 1. The van der Waals surface area contributed by atoms with Crippen LogP contribution in [0.5, 0.6) is 0 Å². The lowest BCUT2D eigenvalue weighted by Crippen LogP contribution is -2.45. The topological polar surface area (TPSA) is 85.3 Å². The Labute approximate surface area is 190 Å². The SMILES string of the molecule is COC(=O)c1ccc([C@H]2C(C(=O)OCc3ccccc3)=C(C)N=C3SCCC(=O)N32)cc1. The quantitative estimate of drug-likeness (QED) is 0.643. The molecule has 1 saturated heterocycles. The largest absolute Gasteiger partial charge is 0.465 e. The van der Waals surface area contributed by atoms with Crippen molar-refractivity contribution in [2.75, 3.05) is 12.9 Å². The highest BCUT2D eigenvalue weighted by Gasteiger charge is 2.41. The van der Waals surface area contributed by atoms with Gasteiger partial charge in [-0.2, -0.15) is 0 Å². The van der Waals surface area contributed by atoms with Crippen molar-refractivity contribution in [2.45, 2.75) is 26.0 Å². The third kappa shape index (κ3) is 4.31. The van der Waals surface area contributed by atoms with Crippen LogP contribution in [0.2, 0.25) is 0 Å². The molecular formula is C24H22N2O5S. The Kier molecular flexibility index (Phi) is 6.41. The number of ether oxygens (including phenoxy) is 2. The van der Waals surface area contributed by atoms with Gasteiger partial charge in [0.1, 0.15) is 6.61 Å². The van der Waals surface area contributed by atoms with Crippen molar-refractivity contribution in [1.29, 1.82) is 0 Å². The Balaban J connectivity index is 1.70. The number of fused-ring (bicyclic) bond motifs is 1. The number of nitrogens with zero attached hydrogens (tertiary/aromatic N) is 2. The third-order valence-corrected chi connectivity index (χ3v) is 6.24. The van der Waals surface area contributed by atoms with Crippen molar-refractivity contribution in [3.8, 4) is 0 Å². The maximum atomic E-state index is 13.2. The van der Waals surface area contributed by atoms with Gasteiger partial charge in [-0.3, -0.25) is 9.69 Å². The molecule has 0 aliphatic carbocycles. The van der Waals surface area contributed by atoms with E-state index in [4.69, 9.17) is 9.47 Å². The van der Waals surface area contributed by atoms with Crippen LogP contribution in [0.3, 0.4) is 0 Å². The lowest BCUT2D eigenvalue weighted by Gasteiger charge is -2.38. The zero-order valence-electron chi connectivity index (χ0n) is 17.7. The van der Waals surface area contributed by atoms with Crippen LogP contribution >= 0.6 is 11.8 Å². The van der Waals surface area contributed by atoms with E-state index < -0.39 is 18.0 Å². The van der Waals surface area contributed by atoms with Crippen LogP contribution in [0.4, 0.5) is 0 Å². The van der Waals surface area contributed by atoms with Crippen LogP contribution in [0.25, 0.3) is 0 Å². The van der Waals surface area contributed by atoms with E-state index in [0.717, 1.165) is 5.56 Å². The highest BCUT2D eigenvalue weighted by atomic mass is 32.2. The smallest absolute Gasteiger partial charge is 0.338 e. The summed E-state index contributed by atoms with van der Waals surface area (Å²) in [5.74, 6) is -0.449. The summed E-state index contributed by atoms with van der Waals surface area (Å²) in [6, 6.07) is 15.4. The number of carbonyl (C=O) groups is 3. The summed E-state index contributed by atoms with van der Waals surface area (Å²) in [5.41, 5.74) is 2.76. The summed E-state index contributed by atoms with van der Waals surface area (Å²) in [5, 5.41) is 0.570. The molecule has 7 nitrogen and oxygen atoms in total. The number of hydrogen-bond acceptors (Lipinski definition) is 7. The Hall–Kier alpha value is -3.39. The predicted molar refractivity (Wildman–Crippen MR) is 121 cm³/mol. The molecule has 2 aliphatic rings. The third-order valence-electron chi connectivity index (χ3n) is 5.29. The van der Waals surface area contributed by atoms with Crippen molar-refractivity contribution in [2.24, 2.45) is 4.99 Å². The normalized spacial score (nSPS) is 18.1. The van der Waals surface area contributed by atoms with Crippen molar-refractivity contribution >= 4 is 34.8 Å².